The van der Waals surface area contributed by atoms with E-state index in [1.54, 1.807) is 0 Å². The Morgan fingerprint density at radius 2 is 1.22 bits per heavy atom. The first-order valence-electron chi connectivity index (χ1n) is 20.4. The molecule has 2 atom stereocenters. The number of hydrogen-bond acceptors (Lipinski definition) is 7. The molecular formula is C45H69NO8P+. The molecule has 0 saturated carbocycles. The van der Waals surface area contributed by atoms with E-state index in [-0.39, 0.29) is 26.1 Å². The summed E-state index contributed by atoms with van der Waals surface area (Å²) in [7, 11) is 1.39. The highest BCUT2D eigenvalue weighted by molar-refractivity contribution is 7.47. The number of rotatable bonds is 31. The molecule has 2 aromatic rings. The number of phosphoric acid groups is 1. The van der Waals surface area contributed by atoms with Crippen LogP contribution in [-0.4, -0.2) is 74.9 Å². The first-order valence-corrected chi connectivity index (χ1v) is 21.9. The van der Waals surface area contributed by atoms with Crippen LogP contribution in [0.1, 0.15) is 120 Å². The van der Waals surface area contributed by atoms with Crippen LogP contribution in [0.4, 0.5) is 0 Å². The van der Waals surface area contributed by atoms with Gasteiger partial charge in [-0.25, -0.2) is 4.57 Å². The van der Waals surface area contributed by atoms with Crippen molar-refractivity contribution in [2.75, 3.05) is 47.5 Å². The number of likely N-dealkylation sites (N-methyl/N-ethyl adjacent to an activating group) is 1. The summed E-state index contributed by atoms with van der Waals surface area (Å²) in [4.78, 5) is 35.6. The number of quaternary nitrogens is 1. The molecule has 55 heavy (non-hydrogen) atoms. The molecule has 0 aliphatic rings. The first kappa shape index (κ1) is 47.8. The maximum Gasteiger partial charge on any atom is 0.472 e. The number of allylic oxidation sites excluding steroid dienone is 4. The Bertz CT molecular complexity index is 1450. The predicted molar refractivity (Wildman–Crippen MR) is 224 cm³/mol. The average molecular weight is 783 g/mol. The Kier molecular flexibility index (Phi) is 25.2. The Labute approximate surface area is 332 Å². The number of nitrogens with zero attached hydrogens (tertiary/aromatic N) is 1. The second kappa shape index (κ2) is 29.0. The molecule has 0 aliphatic carbocycles. The zero-order valence-electron chi connectivity index (χ0n) is 34.1. The van der Waals surface area contributed by atoms with Crippen molar-refractivity contribution >= 4 is 31.9 Å². The standard InChI is InChI=1S/C45H68NO8P/c1-5-6-7-8-9-10-11-12-13-14-15-16-24-29-44(47)51-38-43(39-53-55(49,50)52-37-36-46(2,3)4)54-45(48)35-34-42-32-30-41(31-33-42)28-21-18-17-20-25-40-26-22-19-23-27-40/h17-23,25-28,30-33,43H,5-16,24,29,34-39H2,1-4H3/p+1/t43-/m1/s1. The van der Waals surface area contributed by atoms with Crippen LogP contribution in [0.15, 0.2) is 78.9 Å². The van der Waals surface area contributed by atoms with Gasteiger partial charge in [0.2, 0.25) is 0 Å². The van der Waals surface area contributed by atoms with Crippen molar-refractivity contribution in [1.82, 2.24) is 0 Å². The zero-order valence-corrected chi connectivity index (χ0v) is 35.0. The Morgan fingerprint density at radius 3 is 1.78 bits per heavy atom. The SMILES string of the molecule is CCCCCCCCCCCCCCCC(=O)OC[C@H](COP(=O)(O)OCC[N+](C)(C)C)OC(=O)CCc1ccc(C=CC=CC=Cc2ccccc2)cc1. The van der Waals surface area contributed by atoms with Crippen LogP contribution >= 0.6 is 7.82 Å². The van der Waals surface area contributed by atoms with Crippen molar-refractivity contribution in [3.8, 4) is 0 Å². The molecule has 0 amide bonds. The minimum absolute atomic E-state index is 0.00717. The van der Waals surface area contributed by atoms with Crippen molar-refractivity contribution in [1.29, 1.82) is 0 Å². The van der Waals surface area contributed by atoms with Crippen LogP contribution in [-0.2, 0) is 39.1 Å². The summed E-state index contributed by atoms with van der Waals surface area (Å²) in [6.07, 6.45) is 27.4. The average Bonchev–Trinajstić information content (AvgIpc) is 3.15. The highest BCUT2D eigenvalue weighted by atomic mass is 31.2. The van der Waals surface area contributed by atoms with Gasteiger partial charge in [-0.3, -0.25) is 18.6 Å². The third-order valence-electron chi connectivity index (χ3n) is 8.96. The van der Waals surface area contributed by atoms with Crippen LogP contribution < -0.4 is 0 Å². The molecule has 0 radical (unpaired) electrons. The van der Waals surface area contributed by atoms with Gasteiger partial charge < -0.3 is 18.9 Å². The first-order chi connectivity index (χ1) is 26.5. The van der Waals surface area contributed by atoms with Gasteiger partial charge in [-0.1, -0.05) is 175 Å². The quantitative estimate of drug-likeness (QED) is 0.0265. The number of hydrogen-bond donors (Lipinski definition) is 1. The number of aryl methyl sites for hydroxylation is 1. The molecule has 0 heterocycles. The molecule has 9 nitrogen and oxygen atoms in total. The number of ether oxygens (including phenoxy) is 2. The van der Waals surface area contributed by atoms with Gasteiger partial charge >= 0.3 is 19.8 Å². The lowest BCUT2D eigenvalue weighted by Crippen LogP contribution is -2.37. The van der Waals surface area contributed by atoms with E-state index >= 15 is 0 Å². The molecule has 306 valence electrons. The molecule has 0 saturated heterocycles. The largest absolute Gasteiger partial charge is 0.472 e. The number of benzene rings is 2. The van der Waals surface area contributed by atoms with Crippen molar-refractivity contribution in [3.05, 3.63) is 95.6 Å². The van der Waals surface area contributed by atoms with Crippen LogP contribution in [0.25, 0.3) is 12.2 Å². The van der Waals surface area contributed by atoms with Gasteiger partial charge in [0, 0.05) is 12.8 Å². The van der Waals surface area contributed by atoms with Crippen LogP contribution in [0, 0.1) is 0 Å². The van der Waals surface area contributed by atoms with Crippen LogP contribution in [0.3, 0.4) is 0 Å². The smallest absolute Gasteiger partial charge is 0.462 e. The number of phosphoric ester groups is 1. The van der Waals surface area contributed by atoms with E-state index in [2.05, 4.69) is 6.92 Å². The third-order valence-corrected chi connectivity index (χ3v) is 9.94. The van der Waals surface area contributed by atoms with Gasteiger partial charge in [0.25, 0.3) is 0 Å². The van der Waals surface area contributed by atoms with E-state index in [0.29, 0.717) is 17.4 Å². The summed E-state index contributed by atoms with van der Waals surface area (Å²) in [6.45, 7) is 2.01. The molecule has 10 heteroatoms. The van der Waals surface area contributed by atoms with E-state index in [0.717, 1.165) is 36.0 Å². The molecule has 0 aromatic heterocycles. The summed E-state index contributed by atoms with van der Waals surface area (Å²) in [5, 5.41) is 0. The number of carbonyl (C=O) groups excluding carboxylic acids is 2. The molecule has 1 N–H and O–H groups in total. The van der Waals surface area contributed by atoms with Crippen LogP contribution in [0.5, 0.6) is 0 Å². The van der Waals surface area contributed by atoms with Crippen molar-refractivity contribution in [3.63, 3.8) is 0 Å². The van der Waals surface area contributed by atoms with Gasteiger partial charge in [0.1, 0.15) is 19.8 Å². The van der Waals surface area contributed by atoms with E-state index in [1.807, 2.05) is 112 Å². The van der Waals surface area contributed by atoms with E-state index in [9.17, 15) is 19.0 Å². The minimum Gasteiger partial charge on any atom is -0.462 e. The highest BCUT2D eigenvalue weighted by Gasteiger charge is 2.27. The summed E-state index contributed by atoms with van der Waals surface area (Å²) in [6, 6.07) is 18.0. The summed E-state index contributed by atoms with van der Waals surface area (Å²) < 4.78 is 34.3. The van der Waals surface area contributed by atoms with Gasteiger partial charge in [-0.2, -0.15) is 0 Å². The summed E-state index contributed by atoms with van der Waals surface area (Å²) >= 11 is 0. The lowest BCUT2D eigenvalue weighted by Gasteiger charge is -2.24. The Morgan fingerprint density at radius 1 is 0.673 bits per heavy atom. The highest BCUT2D eigenvalue weighted by Crippen LogP contribution is 2.43. The molecule has 0 fully saturated rings. The van der Waals surface area contributed by atoms with Gasteiger partial charge in [-0.15, -0.1) is 0 Å². The lowest BCUT2D eigenvalue weighted by atomic mass is 10.0. The Hall–Kier alpha value is -3.33. The van der Waals surface area contributed by atoms with Crippen molar-refractivity contribution < 1.29 is 42.1 Å². The maximum absolute atomic E-state index is 12.9. The van der Waals surface area contributed by atoms with Crippen LogP contribution in [0.2, 0.25) is 0 Å². The summed E-state index contributed by atoms with van der Waals surface area (Å²) in [5.74, 6) is -0.929. The number of unbranched alkanes of at least 4 members (excludes halogenated alkanes) is 12. The fourth-order valence-corrected chi connectivity index (χ4v) is 6.36. The molecular weight excluding hydrogens is 713 g/mol. The third kappa shape index (κ3) is 27.0. The fourth-order valence-electron chi connectivity index (χ4n) is 5.62. The molecule has 0 aliphatic heterocycles. The molecule has 2 rings (SSSR count). The fraction of sp³-hybridized carbons (Fsp3) is 0.556. The maximum atomic E-state index is 12.9. The number of carbonyl (C=O) groups is 2. The van der Waals surface area contributed by atoms with E-state index in [1.165, 1.54) is 64.2 Å². The molecule has 0 bridgehead atoms. The van der Waals surface area contributed by atoms with Gasteiger partial charge in [0.15, 0.2) is 6.10 Å². The van der Waals surface area contributed by atoms with E-state index in [4.69, 9.17) is 18.5 Å². The molecule has 1 unspecified atom stereocenters. The zero-order chi connectivity index (χ0) is 40.0. The topological polar surface area (TPSA) is 108 Å². The van der Waals surface area contributed by atoms with Gasteiger partial charge in [-0.05, 0) is 29.5 Å². The molecule has 0 spiro atoms. The second-order valence-corrected chi connectivity index (χ2v) is 16.6. The van der Waals surface area contributed by atoms with Gasteiger partial charge in [0.05, 0.1) is 27.7 Å². The number of esters is 2. The normalized spacial score (nSPS) is 13.8. The van der Waals surface area contributed by atoms with E-state index < -0.39 is 32.5 Å². The minimum atomic E-state index is -4.42. The second-order valence-electron chi connectivity index (χ2n) is 15.2. The monoisotopic (exact) mass is 782 g/mol. The Balaban J connectivity index is 1.77. The van der Waals surface area contributed by atoms with Crippen molar-refractivity contribution in [2.24, 2.45) is 0 Å². The lowest BCUT2D eigenvalue weighted by molar-refractivity contribution is -0.870. The van der Waals surface area contributed by atoms with Crippen molar-refractivity contribution in [2.45, 2.75) is 116 Å². The summed E-state index contributed by atoms with van der Waals surface area (Å²) in [5.41, 5.74) is 3.13. The molecule has 2 aromatic carbocycles. The predicted octanol–water partition coefficient (Wildman–Crippen LogP) is 10.7.